The number of benzene rings is 2. The molecule has 0 aliphatic heterocycles. The number of fused-ring (bicyclic) bond motifs is 1. The van der Waals surface area contributed by atoms with E-state index in [1.54, 1.807) is 43.5 Å². The Kier molecular flexibility index (Phi) is 5.63. The topological polar surface area (TPSA) is 93.2 Å². The van der Waals surface area contributed by atoms with E-state index in [1.807, 2.05) is 13.8 Å². The Morgan fingerprint density at radius 1 is 1.18 bits per heavy atom. The molecule has 0 radical (unpaired) electrons. The van der Waals surface area contributed by atoms with Gasteiger partial charge in [-0.1, -0.05) is 19.1 Å². The van der Waals surface area contributed by atoms with Crippen LogP contribution in [0.4, 0.5) is 0 Å². The van der Waals surface area contributed by atoms with Crippen molar-refractivity contribution in [1.29, 1.82) is 0 Å². The average Bonchev–Trinajstić information content (AvgIpc) is 2.70. The number of carbonyl (C=O) groups is 1. The zero-order valence-electron chi connectivity index (χ0n) is 16.1. The van der Waals surface area contributed by atoms with E-state index in [1.165, 1.54) is 6.07 Å². The molecule has 0 unspecified atom stereocenters. The molecule has 28 heavy (non-hydrogen) atoms. The monoisotopic (exact) mass is 381 g/mol. The molecule has 0 saturated heterocycles. The molecule has 0 saturated carbocycles. The fourth-order valence-electron chi connectivity index (χ4n) is 2.86. The second kappa shape index (κ2) is 8.12. The van der Waals surface area contributed by atoms with E-state index < -0.39 is 11.2 Å². The third-order valence-corrected chi connectivity index (χ3v) is 4.73. The summed E-state index contributed by atoms with van der Waals surface area (Å²) < 4.78 is 6.26. The minimum atomic E-state index is -0.521. The van der Waals surface area contributed by atoms with Gasteiger partial charge in [0, 0.05) is 11.6 Å². The third-order valence-electron chi connectivity index (χ3n) is 4.73. The number of hydrogen-bond donors (Lipinski definition) is 2. The van der Waals surface area contributed by atoms with Gasteiger partial charge in [0.15, 0.2) is 0 Å². The molecule has 0 fully saturated rings. The van der Waals surface area contributed by atoms with Crippen molar-refractivity contribution in [3.8, 4) is 5.75 Å². The first-order chi connectivity index (χ1) is 13.4. The average molecular weight is 381 g/mol. The quantitative estimate of drug-likeness (QED) is 0.685. The van der Waals surface area contributed by atoms with Crippen LogP contribution in [0.2, 0.25) is 0 Å². The Hall–Kier alpha value is -3.35. The number of nitrogens with zero attached hydrogens (tertiary/aromatic N) is 1. The Morgan fingerprint density at radius 2 is 1.89 bits per heavy atom. The fraction of sp³-hybridized carbons (Fsp3) is 0.286. The van der Waals surface area contributed by atoms with Crippen LogP contribution < -0.4 is 21.3 Å². The summed E-state index contributed by atoms with van der Waals surface area (Å²) in [6, 6.07) is 11.9. The molecule has 7 nitrogen and oxygen atoms in total. The number of amides is 1. The van der Waals surface area contributed by atoms with Gasteiger partial charge in [-0.15, -0.1) is 0 Å². The first kappa shape index (κ1) is 19.4. The lowest BCUT2D eigenvalue weighted by Crippen LogP contribution is -2.35. The van der Waals surface area contributed by atoms with Crippen molar-refractivity contribution in [2.45, 2.75) is 32.9 Å². The molecule has 0 bridgehead atoms. The summed E-state index contributed by atoms with van der Waals surface area (Å²) in [5, 5.41) is 3.22. The van der Waals surface area contributed by atoms with Crippen molar-refractivity contribution in [2.75, 3.05) is 7.11 Å². The number of methoxy groups -OCH3 is 1. The van der Waals surface area contributed by atoms with Gasteiger partial charge in [-0.05, 0) is 49.2 Å². The maximum atomic E-state index is 12.8. The van der Waals surface area contributed by atoms with Crippen molar-refractivity contribution < 1.29 is 9.53 Å². The van der Waals surface area contributed by atoms with E-state index in [0.717, 1.165) is 16.6 Å². The first-order valence-corrected chi connectivity index (χ1v) is 9.13. The molecule has 0 spiro atoms. The van der Waals surface area contributed by atoms with Crippen LogP contribution in [0.5, 0.6) is 5.75 Å². The number of aromatic nitrogens is 2. The molecule has 3 rings (SSSR count). The van der Waals surface area contributed by atoms with Crippen molar-refractivity contribution in [3.63, 3.8) is 0 Å². The van der Waals surface area contributed by atoms with E-state index in [9.17, 15) is 14.4 Å². The zero-order valence-corrected chi connectivity index (χ0v) is 16.1. The van der Waals surface area contributed by atoms with Crippen molar-refractivity contribution in [3.05, 3.63) is 74.4 Å². The van der Waals surface area contributed by atoms with Gasteiger partial charge in [0.2, 0.25) is 0 Å². The number of rotatable bonds is 6. The van der Waals surface area contributed by atoms with E-state index in [-0.39, 0.29) is 18.5 Å². The van der Waals surface area contributed by atoms with Crippen molar-refractivity contribution in [1.82, 2.24) is 14.9 Å². The second-order valence-electron chi connectivity index (χ2n) is 6.71. The normalized spacial score (nSPS) is 12.0. The number of hydrogen-bond acceptors (Lipinski definition) is 4. The molecular formula is C21H23N3O4. The molecule has 146 valence electrons. The summed E-state index contributed by atoms with van der Waals surface area (Å²) in [5.74, 6) is 0.464. The van der Waals surface area contributed by atoms with Gasteiger partial charge in [-0.25, -0.2) is 4.79 Å². The molecule has 2 N–H and O–H groups in total. The van der Waals surface area contributed by atoms with Crippen LogP contribution in [0.15, 0.2) is 52.1 Å². The van der Waals surface area contributed by atoms with E-state index in [0.29, 0.717) is 22.2 Å². The minimum absolute atomic E-state index is 0.0414. The van der Waals surface area contributed by atoms with E-state index in [2.05, 4.69) is 10.3 Å². The van der Waals surface area contributed by atoms with Crippen LogP contribution in [0.25, 0.3) is 10.9 Å². The molecule has 1 amide bonds. The number of carbonyl (C=O) groups excluding carboxylic acids is 1. The highest BCUT2D eigenvalue weighted by Crippen LogP contribution is 2.13. The molecule has 0 aliphatic rings. The van der Waals surface area contributed by atoms with Crippen molar-refractivity contribution >= 4 is 16.8 Å². The van der Waals surface area contributed by atoms with Crippen molar-refractivity contribution in [2.24, 2.45) is 0 Å². The van der Waals surface area contributed by atoms with Gasteiger partial charge in [0.05, 0.1) is 24.6 Å². The Morgan fingerprint density at radius 3 is 2.54 bits per heavy atom. The smallest absolute Gasteiger partial charge is 0.329 e. The maximum absolute atomic E-state index is 12.8. The summed E-state index contributed by atoms with van der Waals surface area (Å²) in [7, 11) is 1.57. The second-order valence-corrected chi connectivity index (χ2v) is 6.71. The van der Waals surface area contributed by atoms with Crippen LogP contribution in [-0.4, -0.2) is 28.6 Å². The first-order valence-electron chi connectivity index (χ1n) is 9.13. The summed E-state index contributed by atoms with van der Waals surface area (Å²) in [5.41, 5.74) is 0.627. The van der Waals surface area contributed by atoms with Crippen LogP contribution in [0.1, 0.15) is 36.2 Å². The predicted molar refractivity (Wildman–Crippen MR) is 108 cm³/mol. The molecule has 1 atom stereocenters. The van der Waals surface area contributed by atoms with Crippen LogP contribution in [-0.2, 0) is 6.54 Å². The molecule has 7 heteroatoms. The fourth-order valence-corrected chi connectivity index (χ4v) is 2.86. The number of nitrogens with one attached hydrogen (secondary N) is 2. The SMILES string of the molecule is CC[C@H](C)NC(=O)c1ccc2c(=O)n(Cc3ccc(OC)cc3)c(=O)[nH]c2c1. The maximum Gasteiger partial charge on any atom is 0.329 e. The number of H-pyrrole nitrogens is 1. The molecule has 3 aromatic rings. The molecule has 0 aliphatic carbocycles. The van der Waals surface area contributed by atoms with Gasteiger partial charge in [0.25, 0.3) is 11.5 Å². The standard InChI is InChI=1S/C21H23N3O4/c1-4-13(2)22-19(25)15-7-10-17-18(11-15)23-21(27)24(20(17)26)12-14-5-8-16(28-3)9-6-14/h5-11,13H,4,12H2,1-3H3,(H,22,25)(H,23,27)/t13-/m0/s1. The lowest BCUT2D eigenvalue weighted by atomic mass is 10.1. The van der Waals surface area contributed by atoms with Crippen LogP contribution in [0, 0.1) is 0 Å². The summed E-state index contributed by atoms with van der Waals surface area (Å²) in [4.78, 5) is 40.3. The summed E-state index contributed by atoms with van der Waals surface area (Å²) in [6.07, 6.45) is 0.812. The van der Waals surface area contributed by atoms with Gasteiger partial charge < -0.3 is 15.0 Å². The van der Waals surface area contributed by atoms with E-state index >= 15 is 0 Å². The highest BCUT2D eigenvalue weighted by molar-refractivity contribution is 5.97. The van der Waals surface area contributed by atoms with Gasteiger partial charge in [-0.3, -0.25) is 14.2 Å². The lowest BCUT2D eigenvalue weighted by molar-refractivity contribution is 0.0939. The minimum Gasteiger partial charge on any atom is -0.497 e. The highest BCUT2D eigenvalue weighted by Gasteiger charge is 2.13. The molecule has 1 aromatic heterocycles. The van der Waals surface area contributed by atoms with Gasteiger partial charge in [-0.2, -0.15) is 0 Å². The van der Waals surface area contributed by atoms with Gasteiger partial charge >= 0.3 is 5.69 Å². The molecular weight excluding hydrogens is 358 g/mol. The highest BCUT2D eigenvalue weighted by atomic mass is 16.5. The zero-order chi connectivity index (χ0) is 20.3. The van der Waals surface area contributed by atoms with E-state index in [4.69, 9.17) is 4.74 Å². The summed E-state index contributed by atoms with van der Waals surface area (Å²) in [6.45, 7) is 4.04. The largest absolute Gasteiger partial charge is 0.497 e. The molecule has 2 aromatic carbocycles. The number of aromatic amines is 1. The lowest BCUT2D eigenvalue weighted by Gasteiger charge is -2.12. The number of ether oxygens (including phenoxy) is 1. The van der Waals surface area contributed by atoms with Crippen LogP contribution >= 0.6 is 0 Å². The Bertz CT molecular complexity index is 1110. The van der Waals surface area contributed by atoms with Crippen LogP contribution in [0.3, 0.4) is 0 Å². The Balaban J connectivity index is 1.96. The Labute approximate surface area is 162 Å². The third kappa shape index (κ3) is 3.98. The molecule has 1 heterocycles. The van der Waals surface area contributed by atoms with Gasteiger partial charge in [0.1, 0.15) is 5.75 Å². The predicted octanol–water partition coefficient (Wildman–Crippen LogP) is 2.28. The summed E-state index contributed by atoms with van der Waals surface area (Å²) >= 11 is 0.